The molecule has 0 saturated carbocycles. The molecular formula is C12H10BrClN2O2. The van der Waals surface area contributed by atoms with Crippen LogP contribution in [0, 0.1) is 0 Å². The van der Waals surface area contributed by atoms with Crippen molar-refractivity contribution in [1.82, 2.24) is 4.98 Å². The zero-order valence-corrected chi connectivity index (χ0v) is 11.8. The molecule has 1 aromatic heterocycles. The fourth-order valence-corrected chi connectivity index (χ4v) is 2.03. The third-order valence-corrected chi connectivity index (χ3v) is 2.98. The van der Waals surface area contributed by atoms with Crippen molar-refractivity contribution in [2.45, 2.75) is 0 Å². The fourth-order valence-electron chi connectivity index (χ4n) is 1.31. The Morgan fingerprint density at radius 2 is 2.11 bits per heavy atom. The third-order valence-electron chi connectivity index (χ3n) is 2.20. The molecule has 0 aliphatic carbocycles. The normalized spacial score (nSPS) is 10.2. The summed E-state index contributed by atoms with van der Waals surface area (Å²) >= 11 is 9.13. The van der Waals surface area contributed by atoms with Gasteiger partial charge in [-0.25, -0.2) is 4.98 Å². The molecule has 2 N–H and O–H groups in total. The van der Waals surface area contributed by atoms with Crippen LogP contribution in [0.1, 0.15) is 0 Å². The Balaban J connectivity index is 2.33. The van der Waals surface area contributed by atoms with E-state index >= 15 is 0 Å². The van der Waals surface area contributed by atoms with Crippen LogP contribution in [-0.2, 0) is 0 Å². The van der Waals surface area contributed by atoms with Gasteiger partial charge in [-0.2, -0.15) is 0 Å². The largest absolute Gasteiger partial charge is 0.497 e. The van der Waals surface area contributed by atoms with Gasteiger partial charge in [-0.05, 0) is 34.1 Å². The van der Waals surface area contributed by atoms with E-state index in [4.69, 9.17) is 26.8 Å². The van der Waals surface area contributed by atoms with Gasteiger partial charge in [0.2, 0.25) is 5.88 Å². The van der Waals surface area contributed by atoms with E-state index in [0.29, 0.717) is 32.6 Å². The SMILES string of the molecule is COc1ccc(N)c(Oc2ncc(Cl)cc2Br)c1. The Kier molecular flexibility index (Phi) is 3.93. The van der Waals surface area contributed by atoms with Crippen LogP contribution in [-0.4, -0.2) is 12.1 Å². The highest BCUT2D eigenvalue weighted by atomic mass is 79.9. The Morgan fingerprint density at radius 1 is 1.33 bits per heavy atom. The van der Waals surface area contributed by atoms with Crippen molar-refractivity contribution < 1.29 is 9.47 Å². The van der Waals surface area contributed by atoms with Crippen LogP contribution in [0.5, 0.6) is 17.4 Å². The van der Waals surface area contributed by atoms with Gasteiger partial charge < -0.3 is 15.2 Å². The molecule has 6 heteroatoms. The lowest BCUT2D eigenvalue weighted by Gasteiger charge is -2.10. The molecule has 2 rings (SSSR count). The number of benzene rings is 1. The number of nitrogens with zero attached hydrogens (tertiary/aromatic N) is 1. The summed E-state index contributed by atoms with van der Waals surface area (Å²) in [5.41, 5.74) is 6.32. The molecule has 2 aromatic rings. The lowest BCUT2D eigenvalue weighted by atomic mass is 10.3. The summed E-state index contributed by atoms with van der Waals surface area (Å²) in [6.45, 7) is 0. The number of ether oxygens (including phenoxy) is 2. The van der Waals surface area contributed by atoms with E-state index in [9.17, 15) is 0 Å². The molecule has 0 spiro atoms. The molecule has 0 atom stereocenters. The minimum Gasteiger partial charge on any atom is -0.497 e. The number of nitrogens with two attached hydrogens (primary N) is 1. The number of hydrogen-bond donors (Lipinski definition) is 1. The van der Waals surface area contributed by atoms with E-state index in [0.717, 1.165) is 0 Å². The average molecular weight is 330 g/mol. The van der Waals surface area contributed by atoms with Gasteiger partial charge in [0.05, 0.1) is 22.3 Å². The standard InChI is InChI=1S/C12H10BrClN2O2/c1-17-8-2-3-10(15)11(5-8)18-12-9(13)4-7(14)6-16-12/h2-6H,15H2,1H3. The van der Waals surface area contributed by atoms with Crippen LogP contribution in [0.2, 0.25) is 5.02 Å². The number of pyridine rings is 1. The van der Waals surface area contributed by atoms with Gasteiger partial charge in [-0.15, -0.1) is 0 Å². The fraction of sp³-hybridized carbons (Fsp3) is 0.0833. The van der Waals surface area contributed by atoms with Gasteiger partial charge in [-0.3, -0.25) is 0 Å². The van der Waals surface area contributed by atoms with Crippen molar-refractivity contribution in [3.63, 3.8) is 0 Å². The highest BCUT2D eigenvalue weighted by molar-refractivity contribution is 9.10. The van der Waals surface area contributed by atoms with Gasteiger partial charge in [0.15, 0.2) is 5.75 Å². The second-order valence-electron chi connectivity index (χ2n) is 3.45. The van der Waals surface area contributed by atoms with Crippen LogP contribution in [0.25, 0.3) is 0 Å². The van der Waals surface area contributed by atoms with Gasteiger partial charge in [-0.1, -0.05) is 11.6 Å². The molecule has 18 heavy (non-hydrogen) atoms. The van der Waals surface area contributed by atoms with Gasteiger partial charge in [0.1, 0.15) is 5.75 Å². The number of rotatable bonds is 3. The molecule has 0 amide bonds. The predicted octanol–water partition coefficient (Wildman–Crippen LogP) is 3.88. The summed E-state index contributed by atoms with van der Waals surface area (Å²) < 4.78 is 11.4. The number of methoxy groups -OCH3 is 1. The first-order chi connectivity index (χ1) is 8.60. The third kappa shape index (κ3) is 2.86. The van der Waals surface area contributed by atoms with Crippen molar-refractivity contribution >= 4 is 33.2 Å². The second-order valence-corrected chi connectivity index (χ2v) is 4.74. The first-order valence-corrected chi connectivity index (χ1v) is 6.19. The number of nitrogen functional groups attached to an aromatic ring is 1. The number of anilines is 1. The minimum atomic E-state index is 0.388. The number of hydrogen-bond acceptors (Lipinski definition) is 4. The molecule has 0 saturated heterocycles. The molecule has 4 nitrogen and oxygen atoms in total. The predicted molar refractivity (Wildman–Crippen MR) is 74.4 cm³/mol. The van der Waals surface area contributed by atoms with Crippen LogP contribution in [0.15, 0.2) is 34.9 Å². The van der Waals surface area contributed by atoms with E-state index < -0.39 is 0 Å². The molecule has 0 radical (unpaired) electrons. The summed E-state index contributed by atoms with van der Waals surface area (Å²) in [6.07, 6.45) is 1.50. The zero-order valence-electron chi connectivity index (χ0n) is 9.48. The summed E-state index contributed by atoms with van der Waals surface area (Å²) in [6, 6.07) is 6.85. The molecule has 0 bridgehead atoms. The molecule has 0 aliphatic heterocycles. The number of aromatic nitrogens is 1. The molecule has 0 fully saturated rings. The van der Waals surface area contributed by atoms with Crippen molar-refractivity contribution in [2.24, 2.45) is 0 Å². The second kappa shape index (κ2) is 5.46. The summed E-state index contributed by atoms with van der Waals surface area (Å²) in [4.78, 5) is 4.07. The molecule has 1 heterocycles. The van der Waals surface area contributed by atoms with E-state index in [2.05, 4.69) is 20.9 Å². The molecule has 0 aliphatic rings. The zero-order chi connectivity index (χ0) is 13.1. The molecule has 1 aromatic carbocycles. The van der Waals surface area contributed by atoms with Gasteiger partial charge in [0.25, 0.3) is 0 Å². The molecule has 0 unspecified atom stereocenters. The highest BCUT2D eigenvalue weighted by Gasteiger charge is 2.09. The van der Waals surface area contributed by atoms with Crippen LogP contribution >= 0.6 is 27.5 Å². The van der Waals surface area contributed by atoms with Crippen molar-refractivity contribution in [1.29, 1.82) is 0 Å². The average Bonchev–Trinajstić information content (AvgIpc) is 2.35. The Bertz CT molecular complexity index is 578. The first-order valence-electron chi connectivity index (χ1n) is 5.02. The van der Waals surface area contributed by atoms with Crippen LogP contribution in [0.4, 0.5) is 5.69 Å². The monoisotopic (exact) mass is 328 g/mol. The van der Waals surface area contributed by atoms with E-state index in [1.54, 1.807) is 31.4 Å². The topological polar surface area (TPSA) is 57.4 Å². The maximum atomic E-state index is 5.82. The highest BCUT2D eigenvalue weighted by Crippen LogP contribution is 2.34. The van der Waals surface area contributed by atoms with Gasteiger partial charge in [0, 0.05) is 12.3 Å². The summed E-state index contributed by atoms with van der Waals surface area (Å²) in [7, 11) is 1.58. The first kappa shape index (κ1) is 13.0. The molecule has 94 valence electrons. The summed E-state index contributed by atoms with van der Waals surface area (Å²) in [5, 5.41) is 0.521. The smallest absolute Gasteiger partial charge is 0.233 e. The maximum absolute atomic E-state index is 5.82. The number of halogens is 2. The van der Waals surface area contributed by atoms with Crippen molar-refractivity contribution in [3.8, 4) is 17.4 Å². The Hall–Kier alpha value is -1.46. The van der Waals surface area contributed by atoms with Crippen molar-refractivity contribution in [2.75, 3.05) is 12.8 Å². The quantitative estimate of drug-likeness (QED) is 0.868. The Morgan fingerprint density at radius 3 is 2.78 bits per heavy atom. The lowest BCUT2D eigenvalue weighted by Crippen LogP contribution is -1.95. The Labute approximate surface area is 118 Å². The maximum Gasteiger partial charge on any atom is 0.233 e. The van der Waals surface area contributed by atoms with Crippen LogP contribution < -0.4 is 15.2 Å². The van der Waals surface area contributed by atoms with E-state index in [1.165, 1.54) is 6.20 Å². The van der Waals surface area contributed by atoms with E-state index in [1.807, 2.05) is 0 Å². The van der Waals surface area contributed by atoms with Crippen LogP contribution in [0.3, 0.4) is 0 Å². The van der Waals surface area contributed by atoms with Crippen molar-refractivity contribution in [3.05, 3.63) is 40.0 Å². The minimum absolute atomic E-state index is 0.388. The van der Waals surface area contributed by atoms with Gasteiger partial charge >= 0.3 is 0 Å². The van der Waals surface area contributed by atoms with E-state index in [-0.39, 0.29) is 0 Å². The molecular weight excluding hydrogens is 320 g/mol. The lowest BCUT2D eigenvalue weighted by molar-refractivity contribution is 0.407. The summed E-state index contributed by atoms with van der Waals surface area (Å²) in [5.74, 6) is 1.52.